The summed E-state index contributed by atoms with van der Waals surface area (Å²) >= 11 is 0. The lowest BCUT2D eigenvalue weighted by Gasteiger charge is -2.27. The van der Waals surface area contributed by atoms with Crippen molar-refractivity contribution in [2.24, 2.45) is 5.41 Å². The van der Waals surface area contributed by atoms with Gasteiger partial charge in [0.2, 0.25) is 0 Å². The van der Waals surface area contributed by atoms with Crippen LogP contribution in [0.2, 0.25) is 0 Å². The van der Waals surface area contributed by atoms with Crippen LogP contribution in [0.25, 0.3) is 0 Å². The first-order valence-electron chi connectivity index (χ1n) is 6.94. The molecule has 1 fully saturated rings. The van der Waals surface area contributed by atoms with Crippen molar-refractivity contribution in [3.05, 3.63) is 30.1 Å². The Morgan fingerprint density at radius 1 is 1.35 bits per heavy atom. The summed E-state index contributed by atoms with van der Waals surface area (Å²) in [5.74, 6) is 0. The zero-order valence-electron chi connectivity index (χ0n) is 10.9. The molecule has 0 atom stereocenters. The maximum atomic E-state index is 4.14. The van der Waals surface area contributed by atoms with E-state index in [-0.39, 0.29) is 0 Å². The molecule has 0 saturated heterocycles. The van der Waals surface area contributed by atoms with Gasteiger partial charge in [-0.2, -0.15) is 0 Å². The van der Waals surface area contributed by atoms with Crippen LogP contribution in [-0.2, 0) is 6.42 Å². The van der Waals surface area contributed by atoms with E-state index < -0.39 is 0 Å². The molecule has 0 bridgehead atoms. The van der Waals surface area contributed by atoms with Crippen LogP contribution in [0.4, 0.5) is 0 Å². The fraction of sp³-hybridized carbons (Fsp3) is 0.667. The van der Waals surface area contributed by atoms with Crippen molar-refractivity contribution in [2.45, 2.75) is 45.4 Å². The first kappa shape index (κ1) is 12.6. The summed E-state index contributed by atoms with van der Waals surface area (Å²) in [7, 11) is 0. The van der Waals surface area contributed by atoms with Crippen molar-refractivity contribution < 1.29 is 0 Å². The monoisotopic (exact) mass is 232 g/mol. The molecule has 2 nitrogen and oxygen atoms in total. The lowest BCUT2D eigenvalue weighted by atomic mass is 9.83. The predicted octanol–water partition coefficient (Wildman–Crippen LogP) is 3.18. The minimum absolute atomic E-state index is 0.606. The van der Waals surface area contributed by atoms with Gasteiger partial charge in [0.05, 0.1) is 0 Å². The van der Waals surface area contributed by atoms with Crippen LogP contribution < -0.4 is 5.32 Å². The lowest BCUT2D eigenvalue weighted by molar-refractivity contribution is 0.270. The molecule has 94 valence electrons. The van der Waals surface area contributed by atoms with E-state index >= 15 is 0 Å². The molecule has 2 heteroatoms. The minimum atomic E-state index is 0.606. The summed E-state index contributed by atoms with van der Waals surface area (Å²) in [4.78, 5) is 4.14. The van der Waals surface area contributed by atoms with E-state index in [0.717, 1.165) is 13.0 Å². The zero-order valence-corrected chi connectivity index (χ0v) is 10.9. The number of nitrogens with one attached hydrogen (secondary N) is 1. The van der Waals surface area contributed by atoms with Gasteiger partial charge in [-0.15, -0.1) is 0 Å². The van der Waals surface area contributed by atoms with Crippen LogP contribution in [0.15, 0.2) is 24.5 Å². The van der Waals surface area contributed by atoms with Crippen molar-refractivity contribution in [1.82, 2.24) is 10.3 Å². The predicted molar refractivity (Wildman–Crippen MR) is 72.0 cm³/mol. The molecule has 0 spiro atoms. The molecule has 0 aliphatic heterocycles. The van der Waals surface area contributed by atoms with Crippen molar-refractivity contribution in [2.75, 3.05) is 13.1 Å². The quantitative estimate of drug-likeness (QED) is 0.762. The molecule has 0 unspecified atom stereocenters. The fourth-order valence-corrected chi connectivity index (χ4v) is 2.91. The molecule has 0 radical (unpaired) electrons. The Hall–Kier alpha value is -0.890. The fourth-order valence-electron chi connectivity index (χ4n) is 2.91. The van der Waals surface area contributed by atoms with Crippen molar-refractivity contribution in [3.63, 3.8) is 0 Å². The van der Waals surface area contributed by atoms with Crippen LogP contribution in [-0.4, -0.2) is 18.1 Å². The minimum Gasteiger partial charge on any atom is -0.316 e. The van der Waals surface area contributed by atoms with Crippen LogP contribution in [0.1, 0.15) is 44.6 Å². The molecule has 0 amide bonds. The van der Waals surface area contributed by atoms with Crippen LogP contribution in [0.5, 0.6) is 0 Å². The first-order chi connectivity index (χ1) is 8.35. The standard InChI is InChI=1S/C15H24N2/c1-2-15(8-3-4-9-15)13-17-11-7-14-6-5-10-16-12-14/h5-6,10,12,17H,2-4,7-9,11,13H2,1H3. The summed E-state index contributed by atoms with van der Waals surface area (Å²) in [5.41, 5.74) is 1.94. The van der Waals surface area contributed by atoms with E-state index in [0.29, 0.717) is 5.41 Å². The average Bonchev–Trinajstić information content (AvgIpc) is 2.85. The third-order valence-electron chi connectivity index (χ3n) is 4.23. The van der Waals surface area contributed by atoms with Gasteiger partial charge < -0.3 is 5.32 Å². The summed E-state index contributed by atoms with van der Waals surface area (Å²) < 4.78 is 0. The number of pyridine rings is 1. The number of rotatable bonds is 6. The molecule has 1 N–H and O–H groups in total. The summed E-state index contributed by atoms with van der Waals surface area (Å²) in [5, 5.41) is 3.64. The van der Waals surface area contributed by atoms with Gasteiger partial charge in [-0.3, -0.25) is 4.98 Å². The maximum absolute atomic E-state index is 4.14. The van der Waals surface area contributed by atoms with Gasteiger partial charge in [-0.1, -0.05) is 25.8 Å². The molecule has 0 aromatic carbocycles. The van der Waals surface area contributed by atoms with E-state index in [1.807, 2.05) is 18.5 Å². The van der Waals surface area contributed by atoms with Gasteiger partial charge in [-0.25, -0.2) is 0 Å². The van der Waals surface area contributed by atoms with Gasteiger partial charge in [0, 0.05) is 18.9 Å². The Labute approximate surface area is 105 Å². The van der Waals surface area contributed by atoms with E-state index in [2.05, 4.69) is 23.3 Å². The number of nitrogens with zero attached hydrogens (tertiary/aromatic N) is 1. The van der Waals surface area contributed by atoms with Gasteiger partial charge in [0.1, 0.15) is 0 Å². The molecule has 17 heavy (non-hydrogen) atoms. The van der Waals surface area contributed by atoms with Crippen LogP contribution in [0.3, 0.4) is 0 Å². The summed E-state index contributed by atoms with van der Waals surface area (Å²) in [6.07, 6.45) is 11.9. The molecule has 1 aliphatic carbocycles. The van der Waals surface area contributed by atoms with Gasteiger partial charge in [-0.05, 0) is 49.3 Å². The Balaban J connectivity index is 1.69. The Bertz CT molecular complexity index is 315. The molecular formula is C15H24N2. The highest BCUT2D eigenvalue weighted by atomic mass is 14.9. The van der Waals surface area contributed by atoms with Gasteiger partial charge in [0.25, 0.3) is 0 Å². The largest absolute Gasteiger partial charge is 0.316 e. The van der Waals surface area contributed by atoms with E-state index in [1.165, 1.54) is 44.2 Å². The normalized spacial score (nSPS) is 18.4. The van der Waals surface area contributed by atoms with Crippen molar-refractivity contribution in [1.29, 1.82) is 0 Å². The van der Waals surface area contributed by atoms with Gasteiger partial charge >= 0.3 is 0 Å². The smallest absolute Gasteiger partial charge is 0.0300 e. The van der Waals surface area contributed by atoms with Crippen molar-refractivity contribution >= 4 is 0 Å². The topological polar surface area (TPSA) is 24.9 Å². The van der Waals surface area contributed by atoms with Crippen molar-refractivity contribution in [3.8, 4) is 0 Å². The molecule has 1 aromatic rings. The third-order valence-corrected chi connectivity index (χ3v) is 4.23. The molecule has 1 heterocycles. The van der Waals surface area contributed by atoms with E-state index in [4.69, 9.17) is 0 Å². The second-order valence-corrected chi connectivity index (χ2v) is 5.35. The van der Waals surface area contributed by atoms with Crippen LogP contribution in [0, 0.1) is 5.41 Å². The SMILES string of the molecule is CCC1(CNCCc2cccnc2)CCCC1. The second kappa shape index (κ2) is 6.15. The average molecular weight is 232 g/mol. The highest BCUT2D eigenvalue weighted by Gasteiger charge is 2.31. The van der Waals surface area contributed by atoms with Gasteiger partial charge in [0.15, 0.2) is 0 Å². The second-order valence-electron chi connectivity index (χ2n) is 5.35. The Morgan fingerprint density at radius 2 is 2.18 bits per heavy atom. The Kier molecular flexibility index (Phi) is 4.55. The molecule has 1 aromatic heterocycles. The number of aromatic nitrogens is 1. The van der Waals surface area contributed by atoms with E-state index in [1.54, 1.807) is 0 Å². The Morgan fingerprint density at radius 3 is 2.82 bits per heavy atom. The van der Waals surface area contributed by atoms with Crippen LogP contribution >= 0.6 is 0 Å². The number of hydrogen-bond donors (Lipinski definition) is 1. The number of hydrogen-bond acceptors (Lipinski definition) is 2. The lowest BCUT2D eigenvalue weighted by Crippen LogP contribution is -2.32. The third kappa shape index (κ3) is 3.53. The molecule has 1 saturated carbocycles. The zero-order chi connectivity index (χ0) is 12.0. The van der Waals surface area contributed by atoms with E-state index in [9.17, 15) is 0 Å². The highest BCUT2D eigenvalue weighted by Crippen LogP contribution is 2.40. The highest BCUT2D eigenvalue weighted by molar-refractivity contribution is 5.08. The summed E-state index contributed by atoms with van der Waals surface area (Å²) in [6.45, 7) is 4.62. The first-order valence-corrected chi connectivity index (χ1v) is 6.94. The summed E-state index contributed by atoms with van der Waals surface area (Å²) in [6, 6.07) is 4.17. The molecule has 1 aliphatic rings. The molecular weight excluding hydrogens is 208 g/mol. The maximum Gasteiger partial charge on any atom is 0.0300 e. The molecule has 2 rings (SSSR count).